The van der Waals surface area contributed by atoms with Crippen LogP contribution in [0.5, 0.6) is 0 Å². The molecule has 0 bridgehead atoms. The third-order valence-electron chi connectivity index (χ3n) is 4.26. The van der Waals surface area contributed by atoms with E-state index in [0.29, 0.717) is 11.7 Å². The van der Waals surface area contributed by atoms with E-state index in [4.69, 9.17) is 9.26 Å². The second kappa shape index (κ2) is 8.06. The van der Waals surface area contributed by atoms with E-state index in [1.54, 1.807) is 6.92 Å². The van der Waals surface area contributed by atoms with Crippen molar-refractivity contribution in [1.29, 1.82) is 0 Å². The molecule has 6 nitrogen and oxygen atoms in total. The van der Waals surface area contributed by atoms with E-state index in [1.165, 1.54) is 19.3 Å². The van der Waals surface area contributed by atoms with Gasteiger partial charge < -0.3 is 14.2 Å². The van der Waals surface area contributed by atoms with E-state index in [2.05, 4.69) is 10.1 Å². The second-order valence-electron chi connectivity index (χ2n) is 6.12. The number of aromatic nitrogens is 2. The summed E-state index contributed by atoms with van der Waals surface area (Å²) < 4.78 is 10.5. The van der Waals surface area contributed by atoms with Gasteiger partial charge in [-0.25, -0.2) is 0 Å². The molecule has 1 amide bonds. The van der Waals surface area contributed by atoms with Crippen LogP contribution in [-0.2, 0) is 16.1 Å². The van der Waals surface area contributed by atoms with E-state index in [0.717, 1.165) is 18.5 Å². The SMILES string of the molecule is Cc1noc(COCC(=O)N(c2ccccc2)C2CCCCC2)n1. The number of benzene rings is 1. The lowest BCUT2D eigenvalue weighted by Gasteiger charge is -2.34. The minimum absolute atomic E-state index is 0.00677. The molecule has 128 valence electrons. The minimum Gasteiger partial charge on any atom is -0.362 e. The molecule has 1 aromatic carbocycles. The molecule has 0 spiro atoms. The van der Waals surface area contributed by atoms with Gasteiger partial charge in [0.25, 0.3) is 11.8 Å². The smallest absolute Gasteiger partial charge is 0.253 e. The maximum atomic E-state index is 12.8. The van der Waals surface area contributed by atoms with Crippen molar-refractivity contribution in [3.8, 4) is 0 Å². The highest BCUT2D eigenvalue weighted by atomic mass is 16.5. The molecule has 24 heavy (non-hydrogen) atoms. The number of rotatable bonds is 6. The Morgan fingerprint density at radius 1 is 1.25 bits per heavy atom. The number of anilines is 1. The number of hydrogen-bond acceptors (Lipinski definition) is 5. The summed E-state index contributed by atoms with van der Waals surface area (Å²) in [5, 5.41) is 3.71. The predicted octanol–water partition coefficient (Wildman–Crippen LogP) is 3.26. The van der Waals surface area contributed by atoms with Crippen molar-refractivity contribution in [2.24, 2.45) is 0 Å². The Hall–Kier alpha value is -2.21. The van der Waals surface area contributed by atoms with E-state index in [-0.39, 0.29) is 25.2 Å². The van der Waals surface area contributed by atoms with Crippen LogP contribution in [-0.4, -0.2) is 28.7 Å². The highest BCUT2D eigenvalue weighted by Gasteiger charge is 2.26. The van der Waals surface area contributed by atoms with Crippen LogP contribution in [0.1, 0.15) is 43.8 Å². The van der Waals surface area contributed by atoms with Crippen molar-refractivity contribution in [1.82, 2.24) is 10.1 Å². The molecule has 0 aliphatic heterocycles. The van der Waals surface area contributed by atoms with E-state index >= 15 is 0 Å². The fourth-order valence-electron chi connectivity index (χ4n) is 3.18. The van der Waals surface area contributed by atoms with E-state index in [9.17, 15) is 4.79 Å². The Labute approximate surface area is 141 Å². The maximum absolute atomic E-state index is 12.8. The quantitative estimate of drug-likeness (QED) is 0.813. The zero-order valence-electron chi connectivity index (χ0n) is 14.0. The molecule has 3 rings (SSSR count). The van der Waals surface area contributed by atoms with Gasteiger partial charge in [0.2, 0.25) is 0 Å². The first-order valence-electron chi connectivity index (χ1n) is 8.48. The first-order valence-corrected chi connectivity index (χ1v) is 8.48. The fourth-order valence-corrected chi connectivity index (χ4v) is 3.18. The molecule has 0 atom stereocenters. The van der Waals surface area contributed by atoms with E-state index in [1.807, 2.05) is 35.2 Å². The molecular weight excluding hydrogens is 306 g/mol. The summed E-state index contributed by atoms with van der Waals surface area (Å²) in [6.45, 7) is 1.91. The lowest BCUT2D eigenvalue weighted by Crippen LogP contribution is -2.43. The molecule has 1 aliphatic carbocycles. The summed E-state index contributed by atoms with van der Waals surface area (Å²) in [5.41, 5.74) is 0.937. The topological polar surface area (TPSA) is 68.5 Å². The average molecular weight is 329 g/mol. The van der Waals surface area contributed by atoms with Crippen molar-refractivity contribution in [3.05, 3.63) is 42.0 Å². The Bertz CT molecular complexity index is 651. The van der Waals surface area contributed by atoms with Gasteiger partial charge in [0.1, 0.15) is 13.2 Å². The molecule has 2 aromatic rings. The Balaban J connectivity index is 1.64. The summed E-state index contributed by atoms with van der Waals surface area (Å²) in [6.07, 6.45) is 5.68. The van der Waals surface area contributed by atoms with Crippen molar-refractivity contribution in [2.75, 3.05) is 11.5 Å². The van der Waals surface area contributed by atoms with Gasteiger partial charge in [-0.05, 0) is 31.9 Å². The number of aryl methyl sites for hydroxylation is 1. The molecule has 0 saturated heterocycles. The van der Waals surface area contributed by atoms with Gasteiger partial charge in [-0.15, -0.1) is 0 Å². The van der Waals surface area contributed by atoms with Gasteiger partial charge in [-0.1, -0.05) is 42.6 Å². The minimum atomic E-state index is -0.0238. The summed E-state index contributed by atoms with van der Waals surface area (Å²) >= 11 is 0. The lowest BCUT2D eigenvalue weighted by atomic mass is 9.93. The van der Waals surface area contributed by atoms with Crippen LogP contribution >= 0.6 is 0 Å². The first kappa shape index (κ1) is 16.6. The van der Waals surface area contributed by atoms with Gasteiger partial charge in [-0.2, -0.15) is 4.98 Å². The standard InChI is InChI=1S/C18H23N3O3/c1-14-19-17(24-20-14)12-23-13-18(22)21(15-8-4-2-5-9-15)16-10-6-3-7-11-16/h2,4-5,8-9,16H,3,6-7,10-13H2,1H3. The van der Waals surface area contributed by atoms with Crippen molar-refractivity contribution in [3.63, 3.8) is 0 Å². The molecule has 1 heterocycles. The molecule has 1 saturated carbocycles. The number of carbonyl (C=O) groups excluding carboxylic acids is 1. The van der Waals surface area contributed by atoms with Gasteiger partial charge in [0.15, 0.2) is 5.82 Å². The summed E-state index contributed by atoms with van der Waals surface area (Å²) in [7, 11) is 0. The first-order chi connectivity index (χ1) is 11.7. The largest absolute Gasteiger partial charge is 0.362 e. The second-order valence-corrected chi connectivity index (χ2v) is 6.12. The Kier molecular flexibility index (Phi) is 5.59. The number of carbonyl (C=O) groups is 1. The van der Waals surface area contributed by atoms with Crippen LogP contribution < -0.4 is 4.90 Å². The Morgan fingerprint density at radius 2 is 2.00 bits per heavy atom. The molecule has 6 heteroatoms. The highest BCUT2D eigenvalue weighted by molar-refractivity contribution is 5.94. The molecule has 0 radical (unpaired) electrons. The molecule has 1 fully saturated rings. The fraction of sp³-hybridized carbons (Fsp3) is 0.500. The van der Waals surface area contributed by atoms with Gasteiger partial charge in [-0.3, -0.25) is 4.79 Å². The third-order valence-corrected chi connectivity index (χ3v) is 4.26. The van der Waals surface area contributed by atoms with Crippen molar-refractivity contribution >= 4 is 11.6 Å². The monoisotopic (exact) mass is 329 g/mol. The van der Waals surface area contributed by atoms with Crippen molar-refractivity contribution in [2.45, 2.75) is 51.7 Å². The third kappa shape index (κ3) is 4.20. The predicted molar refractivity (Wildman–Crippen MR) is 89.5 cm³/mol. The molecule has 0 unspecified atom stereocenters. The molecule has 1 aromatic heterocycles. The number of para-hydroxylation sites is 1. The Morgan fingerprint density at radius 3 is 2.67 bits per heavy atom. The zero-order chi connectivity index (χ0) is 16.8. The number of ether oxygens (including phenoxy) is 1. The van der Waals surface area contributed by atoms with Gasteiger partial charge in [0, 0.05) is 11.7 Å². The number of hydrogen-bond donors (Lipinski definition) is 0. The van der Waals surface area contributed by atoms with Gasteiger partial charge in [0.05, 0.1) is 0 Å². The van der Waals surface area contributed by atoms with Crippen LogP contribution in [0, 0.1) is 6.92 Å². The van der Waals surface area contributed by atoms with Crippen LogP contribution in [0.2, 0.25) is 0 Å². The summed E-state index contributed by atoms with van der Waals surface area (Å²) in [5.74, 6) is 0.932. The number of amides is 1. The maximum Gasteiger partial charge on any atom is 0.253 e. The average Bonchev–Trinajstić information content (AvgIpc) is 3.02. The van der Waals surface area contributed by atoms with Crippen LogP contribution in [0.15, 0.2) is 34.9 Å². The molecular formula is C18H23N3O3. The summed E-state index contributed by atoms with van der Waals surface area (Å²) in [6, 6.07) is 10.1. The molecule has 0 N–H and O–H groups in total. The highest BCUT2D eigenvalue weighted by Crippen LogP contribution is 2.27. The van der Waals surface area contributed by atoms with Gasteiger partial charge >= 0.3 is 0 Å². The van der Waals surface area contributed by atoms with Crippen molar-refractivity contribution < 1.29 is 14.1 Å². The molecule has 1 aliphatic rings. The lowest BCUT2D eigenvalue weighted by molar-refractivity contribution is -0.124. The van der Waals surface area contributed by atoms with Crippen LogP contribution in [0.4, 0.5) is 5.69 Å². The van der Waals surface area contributed by atoms with E-state index < -0.39 is 0 Å². The van der Waals surface area contributed by atoms with Crippen LogP contribution in [0.3, 0.4) is 0 Å². The van der Waals surface area contributed by atoms with Crippen LogP contribution in [0.25, 0.3) is 0 Å². The normalized spacial score (nSPS) is 15.4. The zero-order valence-corrected chi connectivity index (χ0v) is 14.0. The number of nitrogens with zero attached hydrogens (tertiary/aromatic N) is 3. The summed E-state index contributed by atoms with van der Waals surface area (Å²) in [4.78, 5) is 18.7.